The van der Waals surface area contributed by atoms with Crippen LogP contribution in [-0.2, 0) is 14.4 Å². The second kappa shape index (κ2) is 7.28. The first-order valence-electron chi connectivity index (χ1n) is 6.48. The van der Waals surface area contributed by atoms with Crippen LogP contribution in [-0.4, -0.2) is 52.1 Å². The molecule has 0 bridgehead atoms. The number of carboxylic acid groups (broad SMARTS) is 2. The van der Waals surface area contributed by atoms with Crippen LogP contribution < -0.4 is 5.32 Å². The Labute approximate surface area is 121 Å². The Hall–Kier alpha value is -2.56. The van der Waals surface area contributed by atoms with Crippen LogP contribution in [0, 0.1) is 17.2 Å². The van der Waals surface area contributed by atoms with Crippen molar-refractivity contribution in [3.05, 3.63) is 11.8 Å². The first-order chi connectivity index (χ1) is 9.86. The summed E-state index contributed by atoms with van der Waals surface area (Å²) in [4.78, 5) is 35.0. The molecular formula is C13H17N3O5. The number of carbonyl (C=O) groups excluding carboxylic acids is 1. The minimum atomic E-state index is -1.10. The molecule has 0 radical (unpaired) electrons. The van der Waals surface area contributed by atoms with Crippen molar-refractivity contribution in [1.82, 2.24) is 10.2 Å². The van der Waals surface area contributed by atoms with Gasteiger partial charge in [0.25, 0.3) is 5.91 Å². The van der Waals surface area contributed by atoms with Crippen LogP contribution in [0.25, 0.3) is 0 Å². The molecule has 1 heterocycles. The highest BCUT2D eigenvalue weighted by atomic mass is 16.4. The van der Waals surface area contributed by atoms with Gasteiger partial charge in [0.2, 0.25) is 0 Å². The number of nitrogens with zero attached hydrogens (tertiary/aromatic N) is 2. The fourth-order valence-electron chi connectivity index (χ4n) is 1.92. The number of carboxylic acids is 2. The van der Waals surface area contributed by atoms with Crippen molar-refractivity contribution >= 4 is 17.8 Å². The number of likely N-dealkylation sites (tertiary alicyclic amines) is 1. The lowest BCUT2D eigenvalue weighted by molar-refractivity contribution is -0.145. The van der Waals surface area contributed by atoms with Crippen molar-refractivity contribution in [2.24, 2.45) is 5.92 Å². The second-order valence-corrected chi connectivity index (χ2v) is 4.80. The lowest BCUT2D eigenvalue weighted by Crippen LogP contribution is -2.41. The molecule has 0 aromatic rings. The van der Waals surface area contributed by atoms with Crippen LogP contribution in [0.1, 0.15) is 19.8 Å². The quantitative estimate of drug-likeness (QED) is 0.472. The Kier molecular flexibility index (Phi) is 5.72. The molecule has 1 fully saturated rings. The Morgan fingerprint density at radius 1 is 1.33 bits per heavy atom. The molecular weight excluding hydrogens is 278 g/mol. The highest BCUT2D eigenvalue weighted by Crippen LogP contribution is 2.18. The number of nitrogens with one attached hydrogen (secondary N) is 1. The number of hydrogen-bond donors (Lipinski definition) is 3. The van der Waals surface area contributed by atoms with Crippen LogP contribution in [0.4, 0.5) is 0 Å². The number of carbonyl (C=O) groups is 3. The molecule has 0 aromatic heterocycles. The largest absolute Gasteiger partial charge is 0.481 e. The summed E-state index contributed by atoms with van der Waals surface area (Å²) >= 11 is 0. The van der Waals surface area contributed by atoms with Crippen molar-refractivity contribution in [3.8, 4) is 6.07 Å². The van der Waals surface area contributed by atoms with Crippen molar-refractivity contribution in [2.45, 2.75) is 25.8 Å². The molecule has 3 N–H and O–H groups in total. The molecule has 1 unspecified atom stereocenters. The summed E-state index contributed by atoms with van der Waals surface area (Å²) in [7, 11) is 0. The Bertz CT molecular complexity index is 500. The number of amides is 1. The molecule has 8 nitrogen and oxygen atoms in total. The maximum atomic E-state index is 12.1. The van der Waals surface area contributed by atoms with Gasteiger partial charge in [-0.3, -0.25) is 14.4 Å². The van der Waals surface area contributed by atoms with Crippen molar-refractivity contribution in [3.63, 3.8) is 0 Å². The average Bonchev–Trinajstić information content (AvgIpc) is 2.47. The van der Waals surface area contributed by atoms with E-state index in [-0.39, 0.29) is 18.7 Å². The summed E-state index contributed by atoms with van der Waals surface area (Å²) in [5, 5.41) is 29.0. The van der Waals surface area contributed by atoms with Gasteiger partial charge >= 0.3 is 11.9 Å². The fraction of sp³-hybridized carbons (Fsp3) is 0.538. The predicted molar refractivity (Wildman–Crippen MR) is 70.9 cm³/mol. The van der Waals surface area contributed by atoms with Crippen LogP contribution in [0.5, 0.6) is 0 Å². The molecule has 1 saturated heterocycles. The lowest BCUT2D eigenvalue weighted by atomic mass is 9.97. The maximum absolute atomic E-state index is 12.1. The summed E-state index contributed by atoms with van der Waals surface area (Å²) in [6.07, 6.45) is 1.78. The van der Waals surface area contributed by atoms with Gasteiger partial charge in [-0.1, -0.05) is 0 Å². The summed E-state index contributed by atoms with van der Waals surface area (Å²) < 4.78 is 0. The zero-order valence-electron chi connectivity index (χ0n) is 11.6. The Morgan fingerprint density at radius 3 is 2.33 bits per heavy atom. The molecule has 1 rings (SSSR count). The fourth-order valence-corrected chi connectivity index (χ4v) is 1.92. The summed E-state index contributed by atoms with van der Waals surface area (Å²) in [6, 6.07) is 0.808. The van der Waals surface area contributed by atoms with Gasteiger partial charge in [0, 0.05) is 19.3 Å². The molecule has 0 saturated carbocycles. The molecule has 1 aliphatic rings. The number of rotatable bonds is 5. The zero-order valence-corrected chi connectivity index (χ0v) is 11.6. The van der Waals surface area contributed by atoms with E-state index in [1.54, 1.807) is 6.07 Å². The lowest BCUT2D eigenvalue weighted by Gasteiger charge is -2.29. The Morgan fingerprint density at radius 2 is 1.90 bits per heavy atom. The maximum Gasteiger partial charge on any atom is 0.325 e. The van der Waals surface area contributed by atoms with E-state index in [0.29, 0.717) is 12.8 Å². The van der Waals surface area contributed by atoms with E-state index in [4.69, 9.17) is 15.5 Å². The molecule has 0 aliphatic carbocycles. The van der Waals surface area contributed by atoms with E-state index < -0.39 is 29.8 Å². The molecule has 1 aliphatic heterocycles. The van der Waals surface area contributed by atoms with Gasteiger partial charge in [-0.2, -0.15) is 5.26 Å². The van der Waals surface area contributed by atoms with E-state index in [1.807, 2.05) is 0 Å². The van der Waals surface area contributed by atoms with Crippen molar-refractivity contribution < 1.29 is 24.6 Å². The minimum absolute atomic E-state index is 0.197. The summed E-state index contributed by atoms with van der Waals surface area (Å²) in [6.45, 7) is 1.92. The third-order valence-electron chi connectivity index (χ3n) is 3.33. The smallest absolute Gasteiger partial charge is 0.325 e. The molecule has 21 heavy (non-hydrogen) atoms. The van der Waals surface area contributed by atoms with Gasteiger partial charge in [0.05, 0.1) is 5.92 Å². The second-order valence-electron chi connectivity index (χ2n) is 4.80. The molecule has 114 valence electrons. The van der Waals surface area contributed by atoms with Crippen LogP contribution in [0.15, 0.2) is 11.8 Å². The van der Waals surface area contributed by atoms with E-state index in [0.717, 1.165) is 6.20 Å². The van der Waals surface area contributed by atoms with Crippen LogP contribution >= 0.6 is 0 Å². The SMILES string of the molecule is CC(N/C=C(/C#N)C(=O)N1CCC(C(=O)O)CC1)C(=O)O. The average molecular weight is 295 g/mol. The topological polar surface area (TPSA) is 131 Å². The summed E-state index contributed by atoms with van der Waals surface area (Å²) in [5.41, 5.74) is -0.197. The third-order valence-corrected chi connectivity index (χ3v) is 3.33. The molecule has 0 spiro atoms. The van der Waals surface area contributed by atoms with E-state index in [1.165, 1.54) is 11.8 Å². The normalized spacial score (nSPS) is 17.7. The van der Waals surface area contributed by atoms with Crippen molar-refractivity contribution in [1.29, 1.82) is 5.26 Å². The molecule has 1 amide bonds. The number of aliphatic carboxylic acids is 2. The highest BCUT2D eigenvalue weighted by Gasteiger charge is 2.28. The van der Waals surface area contributed by atoms with Gasteiger partial charge in [-0.25, -0.2) is 0 Å². The van der Waals surface area contributed by atoms with Crippen LogP contribution in [0.3, 0.4) is 0 Å². The van der Waals surface area contributed by atoms with Crippen molar-refractivity contribution in [2.75, 3.05) is 13.1 Å². The number of nitriles is 1. The monoisotopic (exact) mass is 295 g/mol. The first-order valence-corrected chi connectivity index (χ1v) is 6.48. The van der Waals surface area contributed by atoms with Gasteiger partial charge in [-0.15, -0.1) is 0 Å². The number of hydrogen-bond acceptors (Lipinski definition) is 5. The first kappa shape index (κ1) is 16.5. The van der Waals surface area contributed by atoms with Crippen LogP contribution in [0.2, 0.25) is 0 Å². The summed E-state index contributed by atoms with van der Waals surface area (Å²) in [5.74, 6) is -2.96. The van der Waals surface area contributed by atoms with Gasteiger partial charge in [0.15, 0.2) is 0 Å². The highest BCUT2D eigenvalue weighted by molar-refractivity contribution is 5.97. The van der Waals surface area contributed by atoms with Gasteiger partial charge in [0.1, 0.15) is 17.7 Å². The number of piperidine rings is 1. The zero-order chi connectivity index (χ0) is 16.0. The third kappa shape index (κ3) is 4.49. The molecule has 8 heteroatoms. The molecule has 0 aromatic carbocycles. The van der Waals surface area contributed by atoms with E-state index in [2.05, 4.69) is 5.32 Å². The Balaban J connectivity index is 2.64. The molecule has 1 atom stereocenters. The standard InChI is InChI=1S/C13H17N3O5/c1-8(12(18)19)15-7-10(6-14)11(17)16-4-2-9(3-5-16)13(20)21/h7-9,15H,2-5H2,1H3,(H,18,19)(H,20,21)/b10-7-. The van der Waals surface area contributed by atoms with E-state index in [9.17, 15) is 14.4 Å². The predicted octanol–water partition coefficient (Wildman–Crippen LogP) is -0.220. The van der Waals surface area contributed by atoms with E-state index >= 15 is 0 Å². The van der Waals surface area contributed by atoms with Gasteiger partial charge in [-0.05, 0) is 19.8 Å². The minimum Gasteiger partial charge on any atom is -0.481 e. The van der Waals surface area contributed by atoms with Gasteiger partial charge < -0.3 is 20.4 Å².